The highest BCUT2D eigenvalue weighted by atomic mass is 32.1. The molecule has 1 amide bonds. The van der Waals surface area contributed by atoms with Crippen LogP contribution in [0, 0.1) is 20.2 Å². The molecule has 0 unspecified atom stereocenters. The normalized spacial score (nSPS) is 11.4. The van der Waals surface area contributed by atoms with Crippen molar-refractivity contribution in [1.29, 1.82) is 0 Å². The van der Waals surface area contributed by atoms with Gasteiger partial charge in [0.05, 0.1) is 44.4 Å². The molecule has 11 nitrogen and oxygen atoms in total. The Kier molecular flexibility index (Phi) is 5.19. The number of nitrogens with zero attached hydrogens (tertiary/aromatic N) is 4. The lowest BCUT2D eigenvalue weighted by Gasteiger charge is -2.00. The fourth-order valence-electron chi connectivity index (χ4n) is 2.57. The Morgan fingerprint density at radius 1 is 1.03 bits per heavy atom. The first-order chi connectivity index (χ1) is 13.7. The van der Waals surface area contributed by atoms with Gasteiger partial charge in [0.2, 0.25) is 0 Å². The maximum absolute atomic E-state index is 12.5. The van der Waals surface area contributed by atoms with Crippen LogP contribution in [0.5, 0.6) is 0 Å². The van der Waals surface area contributed by atoms with Gasteiger partial charge in [-0.05, 0) is 18.2 Å². The smallest absolute Gasteiger partial charge is 0.337 e. The molecule has 12 heteroatoms. The second kappa shape index (κ2) is 7.59. The van der Waals surface area contributed by atoms with E-state index in [9.17, 15) is 29.8 Å². The molecule has 0 spiro atoms. The largest absolute Gasteiger partial charge is 0.465 e. The van der Waals surface area contributed by atoms with Gasteiger partial charge in [-0.25, -0.2) is 4.79 Å². The number of aromatic nitrogens is 1. The van der Waals surface area contributed by atoms with Crippen molar-refractivity contribution in [2.75, 3.05) is 7.11 Å². The van der Waals surface area contributed by atoms with E-state index < -0.39 is 33.1 Å². The number of carbonyl (C=O) groups excluding carboxylic acids is 2. The Balaban J connectivity index is 2.10. The van der Waals surface area contributed by atoms with Crippen LogP contribution in [-0.4, -0.2) is 33.4 Å². The molecule has 0 aliphatic rings. The first kappa shape index (κ1) is 19.8. The van der Waals surface area contributed by atoms with Crippen LogP contribution in [0.1, 0.15) is 20.7 Å². The first-order valence-corrected chi connectivity index (χ1v) is 8.73. The number of thiazole rings is 1. The molecule has 0 saturated carbocycles. The fraction of sp³-hybridized carbons (Fsp3) is 0.118. The SMILES string of the molecule is COC(=O)c1ccc2c(c1)sc(=NC(=O)c1cc([N+](=O)[O-])cc([N+](=O)[O-])c1)n2C. The number of amides is 1. The quantitative estimate of drug-likeness (QED) is 0.361. The molecule has 0 N–H and O–H groups in total. The van der Waals surface area contributed by atoms with Gasteiger partial charge in [-0.2, -0.15) is 4.99 Å². The predicted molar refractivity (Wildman–Crippen MR) is 102 cm³/mol. The van der Waals surface area contributed by atoms with Gasteiger partial charge in [0.15, 0.2) is 4.80 Å². The minimum absolute atomic E-state index is 0.251. The third kappa shape index (κ3) is 3.87. The molecule has 2 aromatic carbocycles. The zero-order valence-corrected chi connectivity index (χ0v) is 15.8. The van der Waals surface area contributed by atoms with Crippen molar-refractivity contribution in [2.45, 2.75) is 0 Å². The summed E-state index contributed by atoms with van der Waals surface area (Å²) < 4.78 is 6.94. The van der Waals surface area contributed by atoms with E-state index in [2.05, 4.69) is 9.73 Å². The van der Waals surface area contributed by atoms with Crippen LogP contribution in [0.25, 0.3) is 10.2 Å². The molecule has 148 valence electrons. The van der Waals surface area contributed by atoms with E-state index in [0.29, 0.717) is 15.8 Å². The predicted octanol–water partition coefficient (Wildman–Crippen LogP) is 2.58. The Labute approximate surface area is 165 Å². The van der Waals surface area contributed by atoms with Crippen LogP contribution < -0.4 is 4.80 Å². The molecule has 3 rings (SSSR count). The molecule has 0 fully saturated rings. The van der Waals surface area contributed by atoms with Crippen molar-refractivity contribution in [1.82, 2.24) is 4.57 Å². The van der Waals surface area contributed by atoms with Gasteiger partial charge in [-0.3, -0.25) is 25.0 Å². The summed E-state index contributed by atoms with van der Waals surface area (Å²) in [6.45, 7) is 0. The maximum Gasteiger partial charge on any atom is 0.337 e. The van der Waals surface area contributed by atoms with Gasteiger partial charge in [-0.15, -0.1) is 0 Å². The minimum Gasteiger partial charge on any atom is -0.465 e. The Bertz CT molecular complexity index is 1230. The molecular weight excluding hydrogens is 404 g/mol. The first-order valence-electron chi connectivity index (χ1n) is 7.92. The summed E-state index contributed by atoms with van der Waals surface area (Å²) in [5.41, 5.74) is -0.422. The number of rotatable bonds is 4. The van der Waals surface area contributed by atoms with Crippen molar-refractivity contribution in [3.63, 3.8) is 0 Å². The van der Waals surface area contributed by atoms with Gasteiger partial charge < -0.3 is 9.30 Å². The van der Waals surface area contributed by atoms with Gasteiger partial charge in [0.1, 0.15) is 0 Å². The Morgan fingerprint density at radius 2 is 1.66 bits per heavy atom. The number of non-ortho nitro benzene ring substituents is 2. The number of benzene rings is 2. The maximum atomic E-state index is 12.5. The lowest BCUT2D eigenvalue weighted by Crippen LogP contribution is -2.13. The highest BCUT2D eigenvalue weighted by Gasteiger charge is 2.20. The topological polar surface area (TPSA) is 147 Å². The van der Waals surface area contributed by atoms with Gasteiger partial charge in [0.25, 0.3) is 17.3 Å². The van der Waals surface area contributed by atoms with Gasteiger partial charge in [0, 0.05) is 19.2 Å². The number of fused-ring (bicyclic) bond motifs is 1. The summed E-state index contributed by atoms with van der Waals surface area (Å²) in [6, 6.07) is 7.46. The molecule has 0 radical (unpaired) electrons. The Morgan fingerprint density at radius 3 is 2.21 bits per heavy atom. The number of nitro groups is 2. The third-order valence-corrected chi connectivity index (χ3v) is 5.09. The van der Waals surface area contributed by atoms with Crippen LogP contribution in [0.4, 0.5) is 11.4 Å². The van der Waals surface area contributed by atoms with E-state index in [1.54, 1.807) is 29.8 Å². The molecule has 0 bridgehead atoms. The van der Waals surface area contributed by atoms with Crippen LogP contribution in [0.15, 0.2) is 41.4 Å². The van der Waals surface area contributed by atoms with Crippen LogP contribution in [-0.2, 0) is 11.8 Å². The van der Waals surface area contributed by atoms with Crippen LogP contribution in [0.2, 0.25) is 0 Å². The number of esters is 1. The lowest BCUT2D eigenvalue weighted by molar-refractivity contribution is -0.394. The summed E-state index contributed by atoms with van der Waals surface area (Å²) >= 11 is 1.11. The Hall–Kier alpha value is -3.93. The second-order valence-electron chi connectivity index (χ2n) is 5.79. The average molecular weight is 416 g/mol. The molecule has 0 atom stereocenters. The zero-order valence-electron chi connectivity index (χ0n) is 15.0. The van der Waals surface area contributed by atoms with E-state index in [0.717, 1.165) is 29.5 Å². The van der Waals surface area contributed by atoms with E-state index in [-0.39, 0.29) is 10.4 Å². The number of aryl methyl sites for hydroxylation is 1. The zero-order chi connectivity index (χ0) is 21.3. The van der Waals surface area contributed by atoms with Crippen molar-refractivity contribution in [3.05, 3.63) is 72.6 Å². The van der Waals surface area contributed by atoms with Crippen molar-refractivity contribution < 1.29 is 24.2 Å². The molecule has 1 aromatic heterocycles. The summed E-state index contributed by atoms with van der Waals surface area (Å²) in [5.74, 6) is -1.38. The van der Waals surface area contributed by atoms with Crippen LogP contribution >= 0.6 is 11.3 Å². The highest BCUT2D eigenvalue weighted by Crippen LogP contribution is 2.23. The van der Waals surface area contributed by atoms with E-state index in [1.807, 2.05) is 0 Å². The molecular formula is C17H12N4O7S. The van der Waals surface area contributed by atoms with Crippen molar-refractivity contribution >= 4 is 44.8 Å². The summed E-state index contributed by atoms with van der Waals surface area (Å²) in [4.78, 5) is 48.7. The van der Waals surface area contributed by atoms with E-state index in [1.165, 1.54) is 7.11 Å². The van der Waals surface area contributed by atoms with Crippen molar-refractivity contribution in [3.8, 4) is 0 Å². The number of hydrogen-bond acceptors (Lipinski definition) is 8. The lowest BCUT2D eigenvalue weighted by atomic mass is 10.1. The van der Waals surface area contributed by atoms with E-state index in [4.69, 9.17) is 0 Å². The number of carbonyl (C=O) groups is 2. The molecule has 0 aliphatic carbocycles. The van der Waals surface area contributed by atoms with Gasteiger partial charge >= 0.3 is 5.97 Å². The third-order valence-electron chi connectivity index (χ3n) is 4.00. The van der Waals surface area contributed by atoms with Crippen molar-refractivity contribution in [2.24, 2.45) is 12.0 Å². The standard InChI is InChI=1S/C17H12N4O7S/c1-19-13-4-3-9(16(23)28-2)7-14(13)29-17(19)18-15(22)10-5-11(20(24)25)8-12(6-10)21(26)27/h3-8H,1-2H3. The molecule has 0 saturated heterocycles. The monoisotopic (exact) mass is 416 g/mol. The molecule has 29 heavy (non-hydrogen) atoms. The minimum atomic E-state index is -0.868. The van der Waals surface area contributed by atoms with Crippen LogP contribution in [0.3, 0.4) is 0 Å². The van der Waals surface area contributed by atoms with E-state index >= 15 is 0 Å². The summed E-state index contributed by atoms with van der Waals surface area (Å²) in [7, 11) is 2.91. The summed E-state index contributed by atoms with van der Waals surface area (Å²) in [5, 5.41) is 22.0. The number of hydrogen-bond donors (Lipinski definition) is 0. The number of methoxy groups -OCH3 is 1. The number of ether oxygens (including phenoxy) is 1. The fourth-order valence-corrected chi connectivity index (χ4v) is 3.62. The second-order valence-corrected chi connectivity index (χ2v) is 6.80. The molecule has 1 heterocycles. The molecule has 0 aliphatic heterocycles. The molecule has 3 aromatic rings. The highest BCUT2D eigenvalue weighted by molar-refractivity contribution is 7.16. The average Bonchev–Trinajstić information content (AvgIpc) is 3.01. The number of nitro benzene ring substituents is 2. The van der Waals surface area contributed by atoms with Gasteiger partial charge in [-0.1, -0.05) is 11.3 Å². The summed E-state index contributed by atoms with van der Waals surface area (Å²) in [6.07, 6.45) is 0.